The molecule has 0 aliphatic heterocycles. The van der Waals surface area contributed by atoms with E-state index in [1.165, 1.54) is 5.56 Å². The second kappa shape index (κ2) is 6.76. The van der Waals surface area contributed by atoms with Gasteiger partial charge in [-0.3, -0.25) is 0 Å². The fourth-order valence-electron chi connectivity index (χ4n) is 2.06. The minimum absolute atomic E-state index is 0.0202. The number of rotatable bonds is 7. The number of benzene rings is 1. The average Bonchev–Trinajstić information content (AvgIpc) is 2.38. The van der Waals surface area contributed by atoms with Crippen molar-refractivity contribution < 1.29 is 9.84 Å². The Hall–Kier alpha value is -1.06. The first-order chi connectivity index (χ1) is 8.53. The summed E-state index contributed by atoms with van der Waals surface area (Å²) in [5.41, 5.74) is 1.21. The third kappa shape index (κ3) is 4.31. The molecule has 3 heteroatoms. The molecule has 1 rings (SSSR count). The lowest BCUT2D eigenvalue weighted by molar-refractivity contribution is 0.0929. The van der Waals surface area contributed by atoms with Crippen molar-refractivity contribution in [2.24, 2.45) is 5.41 Å². The van der Waals surface area contributed by atoms with E-state index in [1.807, 2.05) is 12.1 Å². The van der Waals surface area contributed by atoms with Crippen molar-refractivity contribution >= 4 is 0 Å². The van der Waals surface area contributed by atoms with Crippen LogP contribution in [0.4, 0.5) is 0 Å². The zero-order valence-electron chi connectivity index (χ0n) is 11.9. The van der Waals surface area contributed by atoms with Crippen LogP contribution in [0, 0.1) is 5.41 Å². The monoisotopic (exact) mass is 251 g/mol. The van der Waals surface area contributed by atoms with Crippen LogP contribution in [0.15, 0.2) is 24.3 Å². The van der Waals surface area contributed by atoms with Crippen molar-refractivity contribution in [3.8, 4) is 5.75 Å². The van der Waals surface area contributed by atoms with Crippen LogP contribution in [-0.2, 0) is 6.54 Å². The smallest absolute Gasteiger partial charge is 0.119 e. The van der Waals surface area contributed by atoms with Crippen LogP contribution in [0.3, 0.4) is 0 Å². The van der Waals surface area contributed by atoms with Crippen molar-refractivity contribution in [3.63, 3.8) is 0 Å². The van der Waals surface area contributed by atoms with E-state index in [9.17, 15) is 5.11 Å². The van der Waals surface area contributed by atoms with Gasteiger partial charge in [-0.25, -0.2) is 0 Å². The van der Waals surface area contributed by atoms with Crippen LogP contribution in [0.2, 0.25) is 0 Å². The molecule has 0 heterocycles. The largest absolute Gasteiger partial charge is 0.497 e. The van der Waals surface area contributed by atoms with Crippen LogP contribution >= 0.6 is 0 Å². The lowest BCUT2D eigenvalue weighted by Crippen LogP contribution is -2.35. The van der Waals surface area contributed by atoms with Gasteiger partial charge in [-0.2, -0.15) is 0 Å². The van der Waals surface area contributed by atoms with Crippen molar-refractivity contribution in [2.75, 3.05) is 27.3 Å². The molecule has 0 saturated heterocycles. The van der Waals surface area contributed by atoms with Crippen LogP contribution in [-0.4, -0.2) is 37.3 Å². The molecule has 102 valence electrons. The summed E-state index contributed by atoms with van der Waals surface area (Å²) in [5.74, 6) is 0.890. The number of nitrogens with zero attached hydrogens (tertiary/aromatic N) is 1. The van der Waals surface area contributed by atoms with Crippen molar-refractivity contribution in [1.29, 1.82) is 0 Å². The van der Waals surface area contributed by atoms with Crippen molar-refractivity contribution in [1.82, 2.24) is 4.90 Å². The van der Waals surface area contributed by atoms with Gasteiger partial charge >= 0.3 is 0 Å². The maximum Gasteiger partial charge on any atom is 0.119 e. The molecule has 18 heavy (non-hydrogen) atoms. The third-order valence-electron chi connectivity index (χ3n) is 3.47. The number of hydrogen-bond acceptors (Lipinski definition) is 3. The summed E-state index contributed by atoms with van der Waals surface area (Å²) in [5, 5.41) is 9.44. The molecule has 0 bridgehead atoms. The molecule has 1 unspecified atom stereocenters. The molecule has 1 aromatic carbocycles. The van der Waals surface area contributed by atoms with Gasteiger partial charge in [0.1, 0.15) is 5.75 Å². The second-order valence-electron chi connectivity index (χ2n) is 5.35. The minimum atomic E-state index is -0.0202. The quantitative estimate of drug-likeness (QED) is 0.808. The molecule has 0 spiro atoms. The Morgan fingerprint density at radius 2 is 2.11 bits per heavy atom. The Balaban J connectivity index is 2.61. The van der Waals surface area contributed by atoms with Gasteiger partial charge in [0.15, 0.2) is 0 Å². The summed E-state index contributed by atoms with van der Waals surface area (Å²) in [6, 6.07) is 8.11. The zero-order chi connectivity index (χ0) is 13.6. The number of hydrogen-bond donors (Lipinski definition) is 1. The fourth-order valence-corrected chi connectivity index (χ4v) is 2.06. The van der Waals surface area contributed by atoms with Crippen LogP contribution < -0.4 is 4.74 Å². The van der Waals surface area contributed by atoms with E-state index in [-0.39, 0.29) is 12.0 Å². The van der Waals surface area contributed by atoms with Crippen LogP contribution in [0.5, 0.6) is 5.75 Å². The van der Waals surface area contributed by atoms with Gasteiger partial charge in [-0.05, 0) is 31.2 Å². The summed E-state index contributed by atoms with van der Waals surface area (Å²) in [6.07, 6.45) is 0.978. The molecule has 0 aromatic heterocycles. The number of aliphatic hydroxyl groups is 1. The average molecular weight is 251 g/mol. The summed E-state index contributed by atoms with van der Waals surface area (Å²) in [6.45, 7) is 6.22. The van der Waals surface area contributed by atoms with E-state index >= 15 is 0 Å². The number of methoxy groups -OCH3 is 1. The van der Waals surface area contributed by atoms with Gasteiger partial charge in [0.25, 0.3) is 0 Å². The first-order valence-corrected chi connectivity index (χ1v) is 6.45. The highest BCUT2D eigenvalue weighted by molar-refractivity contribution is 5.28. The molecular formula is C15H25NO2. The van der Waals surface area contributed by atoms with Crippen molar-refractivity contribution in [3.05, 3.63) is 29.8 Å². The summed E-state index contributed by atoms with van der Waals surface area (Å²) in [7, 11) is 3.77. The predicted molar refractivity (Wildman–Crippen MR) is 74.8 cm³/mol. The van der Waals surface area contributed by atoms with E-state index in [0.29, 0.717) is 0 Å². The van der Waals surface area contributed by atoms with Gasteiger partial charge < -0.3 is 14.7 Å². The maximum absolute atomic E-state index is 9.44. The molecule has 1 atom stereocenters. The normalized spacial score (nSPS) is 14.6. The molecule has 1 aromatic rings. The standard InChI is InChI=1S/C15H25NO2/c1-5-15(2,12-17)11-16(3)10-13-7-6-8-14(9-13)18-4/h6-9,17H,5,10-12H2,1-4H3. The first-order valence-electron chi connectivity index (χ1n) is 6.45. The Morgan fingerprint density at radius 1 is 1.39 bits per heavy atom. The van der Waals surface area contributed by atoms with E-state index in [2.05, 4.69) is 37.9 Å². The number of aliphatic hydroxyl groups excluding tert-OH is 1. The first kappa shape index (κ1) is 15.0. The van der Waals surface area contributed by atoms with E-state index in [4.69, 9.17) is 4.74 Å². The molecule has 1 N–H and O–H groups in total. The highest BCUT2D eigenvalue weighted by atomic mass is 16.5. The predicted octanol–water partition coefficient (Wildman–Crippen LogP) is 2.54. The molecule has 0 saturated carbocycles. The topological polar surface area (TPSA) is 32.7 Å². The second-order valence-corrected chi connectivity index (χ2v) is 5.35. The SMILES string of the molecule is CCC(C)(CO)CN(C)Cc1cccc(OC)c1. The molecular weight excluding hydrogens is 226 g/mol. The van der Waals surface area contributed by atoms with E-state index in [0.717, 1.165) is 25.3 Å². The molecule has 0 aliphatic carbocycles. The summed E-state index contributed by atoms with van der Waals surface area (Å²) in [4.78, 5) is 2.24. The van der Waals surface area contributed by atoms with Gasteiger partial charge in [0.2, 0.25) is 0 Å². The maximum atomic E-state index is 9.44. The summed E-state index contributed by atoms with van der Waals surface area (Å²) >= 11 is 0. The van der Waals surface area contributed by atoms with Gasteiger partial charge in [-0.15, -0.1) is 0 Å². The molecule has 0 radical (unpaired) electrons. The van der Waals surface area contributed by atoms with Gasteiger partial charge in [0, 0.05) is 25.1 Å². The molecule has 0 aliphatic rings. The Kier molecular flexibility index (Phi) is 5.63. The third-order valence-corrected chi connectivity index (χ3v) is 3.47. The lowest BCUT2D eigenvalue weighted by atomic mass is 9.88. The molecule has 0 amide bonds. The van der Waals surface area contributed by atoms with E-state index in [1.54, 1.807) is 7.11 Å². The minimum Gasteiger partial charge on any atom is -0.497 e. The lowest BCUT2D eigenvalue weighted by Gasteiger charge is -2.31. The molecule has 0 fully saturated rings. The molecule has 3 nitrogen and oxygen atoms in total. The van der Waals surface area contributed by atoms with Gasteiger partial charge in [0.05, 0.1) is 7.11 Å². The Labute approximate surface area is 110 Å². The van der Waals surface area contributed by atoms with Crippen LogP contribution in [0.25, 0.3) is 0 Å². The number of ether oxygens (including phenoxy) is 1. The highest BCUT2D eigenvalue weighted by Crippen LogP contribution is 2.22. The zero-order valence-corrected chi connectivity index (χ0v) is 11.9. The van der Waals surface area contributed by atoms with Gasteiger partial charge in [-0.1, -0.05) is 26.0 Å². The Bertz CT molecular complexity index is 361. The Morgan fingerprint density at radius 3 is 2.67 bits per heavy atom. The van der Waals surface area contributed by atoms with Crippen LogP contribution in [0.1, 0.15) is 25.8 Å². The van der Waals surface area contributed by atoms with E-state index < -0.39 is 0 Å². The summed E-state index contributed by atoms with van der Waals surface area (Å²) < 4.78 is 5.22. The fraction of sp³-hybridized carbons (Fsp3) is 0.600. The highest BCUT2D eigenvalue weighted by Gasteiger charge is 2.22. The van der Waals surface area contributed by atoms with Crippen molar-refractivity contribution in [2.45, 2.75) is 26.8 Å².